The summed E-state index contributed by atoms with van der Waals surface area (Å²) in [5, 5.41) is 7.67. The van der Waals surface area contributed by atoms with Gasteiger partial charge in [-0.2, -0.15) is 18.3 Å². The number of carbonyl (C=O) groups is 3. The zero-order valence-electron chi connectivity index (χ0n) is 28.7. The molecule has 0 bridgehead atoms. The maximum atomic E-state index is 14.5. The number of likely N-dealkylation sites (N-methyl/N-ethyl adjacent to an activating group) is 2. The lowest BCUT2D eigenvalue weighted by Crippen LogP contribution is -2.55. The SMILES string of the molecule is C=C(CN1CCOCC1)C(=O)N(C)Cc1nn(-c2ccccc2)c2c1[C@H](c1ccc(F)cc1)[C@H](NC(=O)c1cccc(C(F)(F)F)c1)C(=O)N2CC. The second-order valence-corrected chi connectivity index (χ2v) is 12.7. The van der Waals surface area contributed by atoms with E-state index in [1.54, 1.807) is 18.7 Å². The van der Waals surface area contributed by atoms with Gasteiger partial charge in [-0.25, -0.2) is 9.07 Å². The molecule has 0 spiro atoms. The third kappa shape index (κ3) is 7.48. The van der Waals surface area contributed by atoms with Crippen LogP contribution in [0.1, 0.15) is 45.6 Å². The maximum Gasteiger partial charge on any atom is 0.416 e. The smallest absolute Gasteiger partial charge is 0.379 e. The second-order valence-electron chi connectivity index (χ2n) is 12.7. The average molecular weight is 719 g/mol. The van der Waals surface area contributed by atoms with Crippen LogP contribution >= 0.6 is 0 Å². The van der Waals surface area contributed by atoms with Crippen LogP contribution in [0.2, 0.25) is 0 Å². The summed E-state index contributed by atoms with van der Waals surface area (Å²) in [6.45, 7) is 8.71. The fourth-order valence-corrected chi connectivity index (χ4v) is 6.70. The van der Waals surface area contributed by atoms with Crippen molar-refractivity contribution in [3.63, 3.8) is 0 Å². The lowest BCUT2D eigenvalue weighted by Gasteiger charge is -2.38. The lowest BCUT2D eigenvalue weighted by molar-refractivity contribution is -0.137. The van der Waals surface area contributed by atoms with Gasteiger partial charge < -0.3 is 15.0 Å². The Hall–Kier alpha value is -5.34. The first kappa shape index (κ1) is 36.5. The van der Waals surface area contributed by atoms with Crippen molar-refractivity contribution in [2.75, 3.05) is 51.3 Å². The third-order valence-electron chi connectivity index (χ3n) is 9.24. The highest BCUT2D eigenvalue weighted by atomic mass is 19.4. The van der Waals surface area contributed by atoms with Crippen LogP contribution in [0.15, 0.2) is 91.0 Å². The third-order valence-corrected chi connectivity index (χ3v) is 9.24. The molecule has 0 radical (unpaired) electrons. The largest absolute Gasteiger partial charge is 0.416 e. The fraction of sp³-hybridized carbons (Fsp3) is 0.316. The Morgan fingerprint density at radius 2 is 1.71 bits per heavy atom. The molecule has 0 aliphatic carbocycles. The van der Waals surface area contributed by atoms with Crippen LogP contribution in [0, 0.1) is 5.82 Å². The van der Waals surface area contributed by atoms with Gasteiger partial charge in [0.05, 0.1) is 36.7 Å². The number of hydrogen-bond acceptors (Lipinski definition) is 6. The van der Waals surface area contributed by atoms with Gasteiger partial charge in [0.25, 0.3) is 17.7 Å². The summed E-state index contributed by atoms with van der Waals surface area (Å²) in [6.07, 6.45) is -4.70. The number of amides is 3. The molecule has 2 aliphatic heterocycles. The molecular weight excluding hydrogens is 680 g/mol. The molecule has 14 heteroatoms. The first-order valence-electron chi connectivity index (χ1n) is 16.8. The van der Waals surface area contributed by atoms with Crippen molar-refractivity contribution in [2.45, 2.75) is 31.6 Å². The number of nitrogens with one attached hydrogen (secondary N) is 1. The highest BCUT2D eigenvalue weighted by Crippen LogP contribution is 2.44. The summed E-state index contributed by atoms with van der Waals surface area (Å²) in [5.74, 6) is -2.89. The summed E-state index contributed by atoms with van der Waals surface area (Å²) in [6, 6.07) is 17.1. The van der Waals surface area contributed by atoms with Gasteiger partial charge in [-0.1, -0.05) is 43.0 Å². The van der Waals surface area contributed by atoms with E-state index in [4.69, 9.17) is 9.84 Å². The van der Waals surface area contributed by atoms with Crippen molar-refractivity contribution >= 4 is 23.5 Å². The van der Waals surface area contributed by atoms with Crippen LogP contribution in [0.4, 0.5) is 23.4 Å². The van der Waals surface area contributed by atoms with Crippen molar-refractivity contribution in [2.24, 2.45) is 0 Å². The number of para-hydroxylation sites is 1. The Bertz CT molecular complexity index is 1960. The first-order valence-corrected chi connectivity index (χ1v) is 16.8. The standard InChI is InChI=1S/C38H38F4N6O4/c1-4-47-35-32(30(44-48(35)29-11-6-5-7-12-29)23-45(3)36(50)24(2)22-46-17-19-52-20-18-46)31(25-13-15-28(39)16-14-25)33(37(47)51)43-34(49)26-9-8-10-27(21-26)38(40,41)42/h5-16,21,31,33H,2,4,17-20,22-23H2,1,3H3,(H,43,49)/t31-,33-/m0/s1. The van der Waals surface area contributed by atoms with Crippen molar-refractivity contribution in [1.29, 1.82) is 0 Å². The summed E-state index contributed by atoms with van der Waals surface area (Å²) in [4.78, 5) is 46.9. The molecule has 0 saturated carbocycles. The topological polar surface area (TPSA) is 100 Å². The van der Waals surface area contributed by atoms with Gasteiger partial charge in [0, 0.05) is 55.8 Å². The van der Waals surface area contributed by atoms with E-state index in [1.807, 2.05) is 30.3 Å². The molecule has 4 aromatic rings. The molecule has 3 heterocycles. The zero-order valence-corrected chi connectivity index (χ0v) is 28.7. The van der Waals surface area contributed by atoms with E-state index >= 15 is 0 Å². The first-order chi connectivity index (χ1) is 24.9. The second kappa shape index (κ2) is 15.1. The summed E-state index contributed by atoms with van der Waals surface area (Å²) >= 11 is 0. The predicted molar refractivity (Wildman–Crippen MR) is 185 cm³/mol. The molecule has 10 nitrogen and oxygen atoms in total. The Balaban J connectivity index is 1.46. The Kier molecular flexibility index (Phi) is 10.6. The van der Waals surface area contributed by atoms with E-state index in [0.29, 0.717) is 66.7 Å². The number of alkyl halides is 3. The van der Waals surface area contributed by atoms with Crippen LogP contribution in [0.3, 0.4) is 0 Å². The van der Waals surface area contributed by atoms with Gasteiger partial charge >= 0.3 is 6.18 Å². The fourth-order valence-electron chi connectivity index (χ4n) is 6.70. The molecule has 2 atom stereocenters. The summed E-state index contributed by atoms with van der Waals surface area (Å²) in [7, 11) is 1.62. The van der Waals surface area contributed by atoms with Crippen molar-refractivity contribution < 1.29 is 36.7 Å². The van der Waals surface area contributed by atoms with Gasteiger partial charge in [-0.15, -0.1) is 0 Å². The number of fused-ring (bicyclic) bond motifs is 1. The van der Waals surface area contributed by atoms with Gasteiger partial charge in [0.1, 0.15) is 17.7 Å². The van der Waals surface area contributed by atoms with Crippen molar-refractivity contribution in [3.8, 4) is 5.69 Å². The van der Waals surface area contributed by atoms with E-state index in [9.17, 15) is 31.9 Å². The average Bonchev–Trinajstić information content (AvgIpc) is 3.50. The molecule has 52 heavy (non-hydrogen) atoms. The monoisotopic (exact) mass is 718 g/mol. The van der Waals surface area contributed by atoms with Gasteiger partial charge in [-0.05, 0) is 55.0 Å². The minimum Gasteiger partial charge on any atom is -0.379 e. The van der Waals surface area contributed by atoms with E-state index in [2.05, 4.69) is 16.8 Å². The number of hydrogen-bond donors (Lipinski definition) is 1. The van der Waals surface area contributed by atoms with E-state index in [1.165, 1.54) is 40.1 Å². The number of nitrogens with zero attached hydrogens (tertiary/aromatic N) is 5. The summed E-state index contributed by atoms with van der Waals surface area (Å²) in [5.41, 5.74) is 1.01. The number of carbonyl (C=O) groups excluding carboxylic acids is 3. The van der Waals surface area contributed by atoms with E-state index < -0.39 is 41.3 Å². The predicted octanol–water partition coefficient (Wildman–Crippen LogP) is 5.17. The van der Waals surface area contributed by atoms with Crippen LogP contribution in [0.25, 0.3) is 5.69 Å². The van der Waals surface area contributed by atoms with E-state index in [-0.39, 0.29) is 24.6 Å². The Labute approximate surface area is 298 Å². The highest BCUT2D eigenvalue weighted by molar-refractivity contribution is 6.05. The molecule has 6 rings (SSSR count). The number of morpholine rings is 1. The molecular formula is C38H38F4N6O4. The number of ether oxygens (including phenoxy) is 1. The minimum absolute atomic E-state index is 0.0269. The summed E-state index contributed by atoms with van der Waals surface area (Å²) < 4.78 is 62.0. The van der Waals surface area contributed by atoms with Crippen molar-refractivity contribution in [3.05, 3.63) is 125 Å². The number of rotatable bonds is 10. The lowest BCUT2D eigenvalue weighted by atomic mass is 9.80. The van der Waals surface area contributed by atoms with Gasteiger partial charge in [0.15, 0.2) is 0 Å². The molecule has 1 aromatic heterocycles. The van der Waals surface area contributed by atoms with Gasteiger partial charge in [-0.3, -0.25) is 24.2 Å². The Morgan fingerprint density at radius 1 is 1.02 bits per heavy atom. The number of benzene rings is 3. The molecule has 3 aromatic carbocycles. The molecule has 1 fully saturated rings. The van der Waals surface area contributed by atoms with Crippen molar-refractivity contribution in [1.82, 2.24) is 24.9 Å². The molecule has 1 N–H and O–H groups in total. The molecule has 2 aliphatic rings. The van der Waals surface area contributed by atoms with E-state index in [0.717, 1.165) is 18.2 Å². The molecule has 0 unspecified atom stereocenters. The molecule has 272 valence electrons. The molecule has 3 amide bonds. The quantitative estimate of drug-likeness (QED) is 0.180. The Morgan fingerprint density at radius 3 is 2.37 bits per heavy atom. The zero-order chi connectivity index (χ0) is 37.2. The number of anilines is 1. The maximum absolute atomic E-state index is 14.5. The van der Waals surface area contributed by atoms with Crippen LogP contribution < -0.4 is 10.2 Å². The van der Waals surface area contributed by atoms with Crippen LogP contribution in [-0.2, 0) is 27.0 Å². The van der Waals surface area contributed by atoms with Crippen LogP contribution in [0.5, 0.6) is 0 Å². The highest BCUT2D eigenvalue weighted by Gasteiger charge is 2.46. The van der Waals surface area contributed by atoms with Gasteiger partial charge in [0.2, 0.25) is 0 Å². The number of halogens is 4. The normalized spacial score (nSPS) is 17.8. The molecule has 1 saturated heterocycles. The van der Waals surface area contributed by atoms with Crippen LogP contribution in [-0.4, -0.2) is 89.8 Å². The number of aromatic nitrogens is 2. The minimum atomic E-state index is -4.70.